The van der Waals surface area contributed by atoms with Gasteiger partial charge in [0.15, 0.2) is 0 Å². The largest absolute Gasteiger partial charge is 0.319 e. The normalized spacial score (nSPS) is 19.0. The SMILES string of the molecule is Cc1ccc([N+](=O)[O-])c(NC(=O)CN2CCCC[C@@H]2C)c1C. The molecular weight excluding hydrogens is 282 g/mol. The Labute approximate surface area is 130 Å². The Kier molecular flexibility index (Phi) is 5.13. The van der Waals surface area contributed by atoms with E-state index in [1.165, 1.54) is 12.5 Å². The predicted molar refractivity (Wildman–Crippen MR) is 86.1 cm³/mol. The average Bonchev–Trinajstić information content (AvgIpc) is 2.46. The lowest BCUT2D eigenvalue weighted by atomic mass is 10.0. The van der Waals surface area contributed by atoms with Crippen LogP contribution >= 0.6 is 0 Å². The smallest absolute Gasteiger partial charge is 0.293 e. The number of anilines is 1. The third-order valence-corrected chi connectivity index (χ3v) is 4.46. The van der Waals surface area contributed by atoms with Gasteiger partial charge in [0.25, 0.3) is 5.69 Å². The van der Waals surface area contributed by atoms with Crippen LogP contribution in [0.4, 0.5) is 11.4 Å². The van der Waals surface area contributed by atoms with Crippen LogP contribution in [0.25, 0.3) is 0 Å². The van der Waals surface area contributed by atoms with Crippen LogP contribution in [0.2, 0.25) is 0 Å². The molecule has 1 aromatic rings. The molecule has 1 aliphatic heterocycles. The zero-order valence-electron chi connectivity index (χ0n) is 13.4. The summed E-state index contributed by atoms with van der Waals surface area (Å²) in [6.07, 6.45) is 3.39. The van der Waals surface area contributed by atoms with Crippen LogP contribution in [-0.2, 0) is 4.79 Å². The lowest BCUT2D eigenvalue weighted by molar-refractivity contribution is -0.384. The molecule has 1 saturated heterocycles. The van der Waals surface area contributed by atoms with Gasteiger partial charge in [0, 0.05) is 12.1 Å². The van der Waals surface area contributed by atoms with Gasteiger partial charge in [0.05, 0.1) is 11.5 Å². The van der Waals surface area contributed by atoms with E-state index in [2.05, 4.69) is 17.1 Å². The number of hydrogen-bond acceptors (Lipinski definition) is 4. The molecule has 0 aromatic heterocycles. The minimum absolute atomic E-state index is 0.0526. The number of aryl methyl sites for hydroxylation is 1. The Hall–Kier alpha value is -1.95. The number of likely N-dealkylation sites (tertiary alicyclic amines) is 1. The summed E-state index contributed by atoms with van der Waals surface area (Å²) in [7, 11) is 0. The first-order valence-electron chi connectivity index (χ1n) is 7.68. The van der Waals surface area contributed by atoms with Crippen molar-refractivity contribution in [2.45, 2.75) is 46.1 Å². The van der Waals surface area contributed by atoms with E-state index < -0.39 is 4.92 Å². The maximum Gasteiger partial charge on any atom is 0.293 e. The molecule has 0 saturated carbocycles. The van der Waals surface area contributed by atoms with Crippen LogP contribution in [0.1, 0.15) is 37.3 Å². The molecule has 0 radical (unpaired) electrons. The van der Waals surface area contributed by atoms with Gasteiger partial charge in [-0.25, -0.2) is 0 Å². The monoisotopic (exact) mass is 305 g/mol. The van der Waals surface area contributed by atoms with Crippen molar-refractivity contribution >= 4 is 17.3 Å². The molecule has 2 rings (SSSR count). The van der Waals surface area contributed by atoms with Crippen LogP contribution in [0.5, 0.6) is 0 Å². The van der Waals surface area contributed by atoms with Crippen LogP contribution in [0, 0.1) is 24.0 Å². The maximum atomic E-state index is 12.3. The Morgan fingerprint density at radius 2 is 2.14 bits per heavy atom. The zero-order chi connectivity index (χ0) is 16.3. The first-order chi connectivity index (χ1) is 10.4. The fourth-order valence-corrected chi connectivity index (χ4v) is 2.87. The lowest BCUT2D eigenvalue weighted by Crippen LogP contribution is -2.42. The molecule has 1 atom stereocenters. The Morgan fingerprint density at radius 3 is 2.77 bits per heavy atom. The molecule has 1 aromatic carbocycles. The van der Waals surface area contributed by atoms with Gasteiger partial charge in [-0.1, -0.05) is 12.5 Å². The first-order valence-corrected chi connectivity index (χ1v) is 7.68. The number of carbonyl (C=O) groups excluding carboxylic acids is 1. The Balaban J connectivity index is 2.14. The molecule has 1 N–H and O–H groups in total. The topological polar surface area (TPSA) is 75.5 Å². The summed E-state index contributed by atoms with van der Waals surface area (Å²) in [5.41, 5.74) is 1.93. The quantitative estimate of drug-likeness (QED) is 0.685. The van der Waals surface area contributed by atoms with E-state index in [1.54, 1.807) is 13.0 Å². The summed E-state index contributed by atoms with van der Waals surface area (Å²) in [4.78, 5) is 25.1. The van der Waals surface area contributed by atoms with Crippen LogP contribution in [-0.4, -0.2) is 34.9 Å². The van der Waals surface area contributed by atoms with Crippen molar-refractivity contribution in [3.8, 4) is 0 Å². The van der Waals surface area contributed by atoms with Crippen LogP contribution in [0.15, 0.2) is 12.1 Å². The fraction of sp³-hybridized carbons (Fsp3) is 0.562. The number of nitro groups is 1. The third-order valence-electron chi connectivity index (χ3n) is 4.46. The van der Waals surface area contributed by atoms with Gasteiger partial charge < -0.3 is 5.32 Å². The first kappa shape index (κ1) is 16.4. The molecule has 1 heterocycles. The number of carbonyl (C=O) groups is 1. The number of hydrogen-bond donors (Lipinski definition) is 1. The molecule has 120 valence electrons. The number of piperidine rings is 1. The number of nitrogens with one attached hydrogen (secondary N) is 1. The second-order valence-corrected chi connectivity index (χ2v) is 6.02. The van der Waals surface area contributed by atoms with E-state index in [1.807, 2.05) is 6.92 Å². The number of nitro benzene ring substituents is 1. The van der Waals surface area contributed by atoms with E-state index in [0.29, 0.717) is 11.7 Å². The average molecular weight is 305 g/mol. The second kappa shape index (κ2) is 6.87. The van der Waals surface area contributed by atoms with E-state index in [-0.39, 0.29) is 18.1 Å². The van der Waals surface area contributed by atoms with E-state index in [0.717, 1.165) is 30.5 Å². The minimum atomic E-state index is -0.453. The van der Waals surface area contributed by atoms with Crippen molar-refractivity contribution in [3.05, 3.63) is 33.4 Å². The third kappa shape index (κ3) is 3.62. The molecule has 6 heteroatoms. The summed E-state index contributed by atoms with van der Waals surface area (Å²) in [6.45, 7) is 6.98. The molecule has 1 amide bonds. The molecule has 0 spiro atoms. The molecular formula is C16H23N3O3. The molecule has 6 nitrogen and oxygen atoms in total. The van der Waals surface area contributed by atoms with Crippen molar-refractivity contribution in [1.29, 1.82) is 0 Å². The minimum Gasteiger partial charge on any atom is -0.319 e. The van der Waals surface area contributed by atoms with Crippen LogP contribution < -0.4 is 5.32 Å². The summed E-state index contributed by atoms with van der Waals surface area (Å²) in [5.74, 6) is -0.189. The fourth-order valence-electron chi connectivity index (χ4n) is 2.87. The van der Waals surface area contributed by atoms with Gasteiger partial charge in [-0.2, -0.15) is 0 Å². The molecule has 1 aliphatic rings. The molecule has 22 heavy (non-hydrogen) atoms. The zero-order valence-corrected chi connectivity index (χ0v) is 13.4. The highest BCUT2D eigenvalue weighted by atomic mass is 16.6. The van der Waals surface area contributed by atoms with Crippen molar-refractivity contribution in [2.24, 2.45) is 0 Å². The second-order valence-electron chi connectivity index (χ2n) is 6.02. The van der Waals surface area contributed by atoms with Gasteiger partial charge in [-0.3, -0.25) is 19.8 Å². The summed E-state index contributed by atoms with van der Waals surface area (Å²) >= 11 is 0. The van der Waals surface area contributed by atoms with E-state index in [4.69, 9.17) is 0 Å². The Morgan fingerprint density at radius 1 is 1.41 bits per heavy atom. The van der Waals surface area contributed by atoms with Crippen molar-refractivity contribution in [2.75, 3.05) is 18.4 Å². The Bertz CT molecular complexity index is 586. The van der Waals surface area contributed by atoms with Crippen LogP contribution in [0.3, 0.4) is 0 Å². The van der Waals surface area contributed by atoms with E-state index in [9.17, 15) is 14.9 Å². The van der Waals surface area contributed by atoms with Gasteiger partial charge in [-0.15, -0.1) is 0 Å². The van der Waals surface area contributed by atoms with Gasteiger partial charge in [-0.05, 0) is 51.3 Å². The van der Waals surface area contributed by atoms with Crippen molar-refractivity contribution in [1.82, 2.24) is 4.90 Å². The van der Waals surface area contributed by atoms with Crippen molar-refractivity contribution in [3.63, 3.8) is 0 Å². The number of nitrogens with zero attached hydrogens (tertiary/aromatic N) is 2. The molecule has 0 unspecified atom stereocenters. The summed E-state index contributed by atoms with van der Waals surface area (Å²) in [6, 6.07) is 3.53. The van der Waals surface area contributed by atoms with Crippen molar-refractivity contribution < 1.29 is 9.72 Å². The highest BCUT2D eigenvalue weighted by Crippen LogP contribution is 2.30. The van der Waals surface area contributed by atoms with Gasteiger partial charge in [0.2, 0.25) is 5.91 Å². The molecule has 0 aliphatic carbocycles. The molecule has 1 fully saturated rings. The lowest BCUT2D eigenvalue weighted by Gasteiger charge is -2.32. The number of rotatable bonds is 4. The number of benzene rings is 1. The maximum absolute atomic E-state index is 12.3. The van der Waals surface area contributed by atoms with Gasteiger partial charge >= 0.3 is 0 Å². The van der Waals surface area contributed by atoms with Gasteiger partial charge in [0.1, 0.15) is 5.69 Å². The summed E-state index contributed by atoms with van der Waals surface area (Å²) < 4.78 is 0. The number of amides is 1. The summed E-state index contributed by atoms with van der Waals surface area (Å²) in [5, 5.41) is 13.9. The molecule has 0 bridgehead atoms. The highest BCUT2D eigenvalue weighted by Gasteiger charge is 2.23. The predicted octanol–water partition coefficient (Wildman–Crippen LogP) is 3.02. The highest BCUT2D eigenvalue weighted by molar-refractivity contribution is 5.95. The standard InChI is InChI=1S/C16H23N3O3/c1-11-7-8-14(19(21)22)16(13(11)3)17-15(20)10-18-9-5-4-6-12(18)2/h7-8,12H,4-6,9-10H2,1-3H3,(H,17,20)/t12-/m0/s1. The van der Waals surface area contributed by atoms with E-state index >= 15 is 0 Å².